The Bertz CT molecular complexity index is 664. The van der Waals surface area contributed by atoms with Crippen LogP contribution in [0.2, 0.25) is 0 Å². The average Bonchev–Trinajstić information content (AvgIpc) is 2.27. The van der Waals surface area contributed by atoms with Crippen LogP contribution in [0.1, 0.15) is 24.0 Å². The summed E-state index contributed by atoms with van der Waals surface area (Å²) in [6.07, 6.45) is -0.893. The van der Waals surface area contributed by atoms with E-state index in [-0.39, 0.29) is 10.7 Å². The van der Waals surface area contributed by atoms with Gasteiger partial charge in [-0.05, 0) is 31.0 Å². The van der Waals surface area contributed by atoms with Crippen LogP contribution in [0.4, 0.5) is 0 Å². The second-order valence-electron chi connectivity index (χ2n) is 4.96. The van der Waals surface area contributed by atoms with Crippen LogP contribution in [0.3, 0.4) is 0 Å². The van der Waals surface area contributed by atoms with Crippen molar-refractivity contribution >= 4 is 21.6 Å². The van der Waals surface area contributed by atoms with Crippen molar-refractivity contribution < 1.29 is 23.1 Å². The van der Waals surface area contributed by atoms with E-state index in [2.05, 4.69) is 0 Å². The van der Waals surface area contributed by atoms with Gasteiger partial charge in [-0.3, -0.25) is 9.59 Å². The van der Waals surface area contributed by atoms with E-state index < -0.39 is 33.4 Å². The minimum absolute atomic E-state index is 0.00222. The van der Waals surface area contributed by atoms with E-state index in [0.29, 0.717) is 5.56 Å². The molecule has 0 aromatic heterocycles. The van der Waals surface area contributed by atoms with Crippen LogP contribution in [0.15, 0.2) is 23.1 Å². The second kappa shape index (κ2) is 4.16. The number of aliphatic carboxylic acids is 1. The summed E-state index contributed by atoms with van der Waals surface area (Å²) in [4.78, 5) is 22.5. The maximum absolute atomic E-state index is 12.6. The molecule has 1 aliphatic rings. The molecule has 1 aromatic rings. The highest BCUT2D eigenvalue weighted by molar-refractivity contribution is 7.93. The molecule has 0 heterocycles. The molecule has 1 aliphatic carbocycles. The first-order chi connectivity index (χ1) is 8.70. The van der Waals surface area contributed by atoms with E-state index in [1.54, 1.807) is 26.0 Å². The number of sulfone groups is 1. The zero-order valence-electron chi connectivity index (χ0n) is 10.6. The normalized spacial score (nSPS) is 17.9. The molecular weight excluding hydrogens is 268 g/mol. The van der Waals surface area contributed by atoms with Gasteiger partial charge in [0.1, 0.15) is 5.78 Å². The number of carboxylic acids is 1. The minimum atomic E-state index is -4.07. The summed E-state index contributed by atoms with van der Waals surface area (Å²) >= 11 is 0. The summed E-state index contributed by atoms with van der Waals surface area (Å²) < 4.78 is 23.1. The van der Waals surface area contributed by atoms with Crippen LogP contribution < -0.4 is 0 Å². The fraction of sp³-hybridized carbons (Fsp3) is 0.385. The lowest BCUT2D eigenvalue weighted by Crippen LogP contribution is -2.56. The zero-order chi connectivity index (χ0) is 14.4. The summed E-state index contributed by atoms with van der Waals surface area (Å²) in [5.41, 5.74) is 1.22. The maximum atomic E-state index is 12.6. The molecule has 0 aliphatic heterocycles. The quantitative estimate of drug-likeness (QED) is 0.901. The fourth-order valence-electron chi connectivity index (χ4n) is 2.25. The van der Waals surface area contributed by atoms with Crippen LogP contribution in [-0.2, 0) is 19.4 Å². The van der Waals surface area contributed by atoms with Gasteiger partial charge in [0.25, 0.3) is 0 Å². The van der Waals surface area contributed by atoms with Crippen molar-refractivity contribution in [3.63, 3.8) is 0 Å². The molecule has 0 spiro atoms. The summed E-state index contributed by atoms with van der Waals surface area (Å²) in [7, 11) is -4.07. The largest absolute Gasteiger partial charge is 0.480 e. The highest BCUT2D eigenvalue weighted by Gasteiger charge is 2.60. The monoisotopic (exact) mass is 282 g/mol. The van der Waals surface area contributed by atoms with Gasteiger partial charge in [0, 0.05) is 12.8 Å². The lowest BCUT2D eigenvalue weighted by Gasteiger charge is -2.35. The second-order valence-corrected chi connectivity index (χ2v) is 7.19. The van der Waals surface area contributed by atoms with Crippen LogP contribution in [0.5, 0.6) is 0 Å². The van der Waals surface area contributed by atoms with E-state index in [1.165, 1.54) is 6.07 Å². The topological polar surface area (TPSA) is 88.5 Å². The summed E-state index contributed by atoms with van der Waals surface area (Å²) in [5.74, 6) is -1.79. The van der Waals surface area contributed by atoms with Gasteiger partial charge in [-0.1, -0.05) is 12.1 Å². The van der Waals surface area contributed by atoms with Crippen molar-refractivity contribution in [2.24, 2.45) is 0 Å². The molecular formula is C13H14O5S. The van der Waals surface area contributed by atoms with Crippen molar-refractivity contribution in [1.82, 2.24) is 0 Å². The van der Waals surface area contributed by atoms with Crippen LogP contribution in [0, 0.1) is 13.8 Å². The summed E-state index contributed by atoms with van der Waals surface area (Å²) in [5, 5.41) is 9.23. The molecule has 6 heteroatoms. The minimum Gasteiger partial charge on any atom is -0.480 e. The maximum Gasteiger partial charge on any atom is 0.326 e. The number of rotatable bonds is 3. The lowest BCUT2D eigenvalue weighted by molar-refractivity contribution is -0.147. The van der Waals surface area contributed by atoms with E-state index in [1.807, 2.05) is 0 Å². The van der Waals surface area contributed by atoms with Crippen molar-refractivity contribution in [3.05, 3.63) is 29.3 Å². The Morgan fingerprint density at radius 2 is 1.84 bits per heavy atom. The van der Waals surface area contributed by atoms with E-state index >= 15 is 0 Å². The molecule has 5 nitrogen and oxygen atoms in total. The first kappa shape index (κ1) is 13.7. The summed E-state index contributed by atoms with van der Waals surface area (Å²) in [6.45, 7) is 3.35. The number of carbonyl (C=O) groups excluding carboxylic acids is 1. The van der Waals surface area contributed by atoms with Crippen molar-refractivity contribution in [3.8, 4) is 0 Å². The van der Waals surface area contributed by atoms with Crippen LogP contribution in [-0.4, -0.2) is 30.0 Å². The van der Waals surface area contributed by atoms with E-state index in [0.717, 1.165) is 5.56 Å². The van der Waals surface area contributed by atoms with Gasteiger partial charge in [-0.2, -0.15) is 0 Å². The number of carboxylic acid groups (broad SMARTS) is 1. The number of hydrogen-bond donors (Lipinski definition) is 1. The highest BCUT2D eigenvalue weighted by atomic mass is 32.2. The molecule has 1 saturated carbocycles. The molecule has 0 unspecified atom stereocenters. The predicted octanol–water partition coefficient (Wildman–Crippen LogP) is 1.26. The van der Waals surface area contributed by atoms with Crippen molar-refractivity contribution in [2.75, 3.05) is 0 Å². The molecule has 1 N–H and O–H groups in total. The van der Waals surface area contributed by atoms with Crippen molar-refractivity contribution in [1.29, 1.82) is 0 Å². The lowest BCUT2D eigenvalue weighted by atomic mass is 9.83. The molecule has 0 atom stereocenters. The third-order valence-electron chi connectivity index (χ3n) is 3.50. The average molecular weight is 282 g/mol. The van der Waals surface area contributed by atoms with Crippen LogP contribution >= 0.6 is 0 Å². The fourth-order valence-corrected chi connectivity index (χ4v) is 4.43. The molecule has 0 bridgehead atoms. The van der Waals surface area contributed by atoms with Gasteiger partial charge in [-0.15, -0.1) is 0 Å². The first-order valence-corrected chi connectivity index (χ1v) is 7.26. The Labute approximate surface area is 111 Å². The van der Waals surface area contributed by atoms with E-state index in [4.69, 9.17) is 0 Å². The highest BCUT2D eigenvalue weighted by Crippen LogP contribution is 2.41. The molecule has 0 saturated heterocycles. The first-order valence-electron chi connectivity index (χ1n) is 5.78. The molecule has 1 aromatic carbocycles. The molecule has 0 amide bonds. The standard InChI is InChI=1S/C13H14O5S/c1-8-3-4-9(2)11(5-8)19(17,18)13(12(15)16)6-10(14)7-13/h3-5H,6-7H2,1-2H3,(H,15,16). The molecule has 1 fully saturated rings. The Morgan fingerprint density at radius 3 is 2.32 bits per heavy atom. The molecule has 19 heavy (non-hydrogen) atoms. The van der Waals surface area contributed by atoms with Gasteiger partial charge in [-0.25, -0.2) is 8.42 Å². The molecule has 102 valence electrons. The number of ketones is 1. The van der Waals surface area contributed by atoms with Gasteiger partial charge >= 0.3 is 5.97 Å². The third kappa shape index (κ3) is 1.87. The van der Waals surface area contributed by atoms with Gasteiger partial charge < -0.3 is 5.11 Å². The Hall–Kier alpha value is -1.69. The number of benzene rings is 1. The number of carbonyl (C=O) groups is 2. The third-order valence-corrected chi connectivity index (χ3v) is 6.01. The SMILES string of the molecule is Cc1ccc(C)c(S(=O)(=O)C2(C(=O)O)CC(=O)C2)c1. The van der Waals surface area contributed by atoms with E-state index in [9.17, 15) is 23.1 Å². The number of Topliss-reactive ketones (excluding diaryl/α,β-unsaturated/α-hetero) is 1. The molecule has 2 rings (SSSR count). The summed E-state index contributed by atoms with van der Waals surface area (Å²) in [6, 6.07) is 4.85. The van der Waals surface area contributed by atoms with Gasteiger partial charge in [0.15, 0.2) is 14.6 Å². The smallest absolute Gasteiger partial charge is 0.326 e. The molecule has 0 radical (unpaired) electrons. The Morgan fingerprint density at radius 1 is 1.26 bits per heavy atom. The van der Waals surface area contributed by atoms with Gasteiger partial charge in [0.2, 0.25) is 0 Å². The Kier molecular flexibility index (Phi) is 3.01. The predicted molar refractivity (Wildman–Crippen MR) is 67.7 cm³/mol. The zero-order valence-corrected chi connectivity index (χ0v) is 11.5. The number of aryl methyl sites for hydroxylation is 2. The Balaban J connectivity index is 2.62. The van der Waals surface area contributed by atoms with Gasteiger partial charge in [0.05, 0.1) is 4.90 Å². The number of hydrogen-bond acceptors (Lipinski definition) is 4. The van der Waals surface area contributed by atoms with Crippen LogP contribution in [0.25, 0.3) is 0 Å². The van der Waals surface area contributed by atoms with Crippen molar-refractivity contribution in [2.45, 2.75) is 36.3 Å².